The van der Waals surface area contributed by atoms with Crippen LogP contribution in [0.4, 0.5) is 0 Å². The molecule has 0 saturated carbocycles. The maximum absolute atomic E-state index is 12.5. The molecule has 4 nitrogen and oxygen atoms in total. The molecule has 1 fully saturated rings. The molecule has 3 aromatic carbocycles. The summed E-state index contributed by atoms with van der Waals surface area (Å²) in [7, 11) is 3.07. The molecule has 0 spiro atoms. The van der Waals surface area contributed by atoms with Crippen LogP contribution in [0.2, 0.25) is 0 Å². The Hall–Kier alpha value is -2.85. The van der Waals surface area contributed by atoms with E-state index in [1.54, 1.807) is 7.11 Å². The van der Waals surface area contributed by atoms with Gasteiger partial charge in [-0.15, -0.1) is 0 Å². The molecule has 1 aliphatic heterocycles. The number of hydrogen-bond donors (Lipinski definition) is 0. The van der Waals surface area contributed by atoms with Crippen molar-refractivity contribution in [1.82, 2.24) is 0 Å². The lowest BCUT2D eigenvalue weighted by Crippen LogP contribution is -2.20. The van der Waals surface area contributed by atoms with Gasteiger partial charge in [0.1, 0.15) is 23.9 Å². The minimum Gasteiger partial charge on any atom is -0.497 e. The van der Waals surface area contributed by atoms with E-state index in [1.807, 2.05) is 66.7 Å². The molecule has 1 aliphatic rings. The van der Waals surface area contributed by atoms with Crippen LogP contribution < -0.4 is 4.74 Å². The van der Waals surface area contributed by atoms with Gasteiger partial charge >= 0.3 is 5.97 Å². The SMILES string of the molecule is COC(=O)C(c1ccc2cc(OC)ccc2c1)C1OC1c1ccccc1. The molecule has 4 rings (SSSR count). The average molecular weight is 348 g/mol. The number of benzene rings is 3. The van der Waals surface area contributed by atoms with Crippen LogP contribution in [0, 0.1) is 0 Å². The zero-order chi connectivity index (χ0) is 18.1. The van der Waals surface area contributed by atoms with Crippen molar-refractivity contribution in [3.8, 4) is 5.75 Å². The van der Waals surface area contributed by atoms with E-state index >= 15 is 0 Å². The smallest absolute Gasteiger partial charge is 0.315 e. The first kappa shape index (κ1) is 16.6. The molecule has 0 N–H and O–H groups in total. The lowest BCUT2D eigenvalue weighted by Gasteiger charge is -2.14. The van der Waals surface area contributed by atoms with Gasteiger partial charge < -0.3 is 14.2 Å². The normalized spacial score (nSPS) is 19.8. The number of fused-ring (bicyclic) bond motifs is 1. The van der Waals surface area contributed by atoms with Crippen molar-refractivity contribution in [3.63, 3.8) is 0 Å². The second kappa shape index (κ2) is 6.81. The Morgan fingerprint density at radius 2 is 1.69 bits per heavy atom. The van der Waals surface area contributed by atoms with Crippen molar-refractivity contribution in [2.75, 3.05) is 14.2 Å². The summed E-state index contributed by atoms with van der Waals surface area (Å²) >= 11 is 0. The van der Waals surface area contributed by atoms with E-state index in [-0.39, 0.29) is 18.2 Å². The molecule has 0 aromatic heterocycles. The summed E-state index contributed by atoms with van der Waals surface area (Å²) in [5, 5.41) is 2.11. The average Bonchev–Trinajstić information content (AvgIpc) is 3.48. The van der Waals surface area contributed by atoms with Crippen molar-refractivity contribution in [3.05, 3.63) is 77.9 Å². The Morgan fingerprint density at radius 3 is 2.42 bits per heavy atom. The number of hydrogen-bond acceptors (Lipinski definition) is 4. The summed E-state index contributed by atoms with van der Waals surface area (Å²) in [6.07, 6.45) is -0.285. The Kier molecular flexibility index (Phi) is 4.35. The van der Waals surface area contributed by atoms with Gasteiger partial charge in [0.15, 0.2) is 0 Å². The molecule has 3 atom stereocenters. The summed E-state index contributed by atoms with van der Waals surface area (Å²) < 4.78 is 16.2. The first-order valence-electron chi connectivity index (χ1n) is 8.57. The van der Waals surface area contributed by atoms with Crippen LogP contribution in [-0.2, 0) is 14.3 Å². The van der Waals surface area contributed by atoms with Crippen LogP contribution >= 0.6 is 0 Å². The maximum Gasteiger partial charge on any atom is 0.315 e. The summed E-state index contributed by atoms with van der Waals surface area (Å²) in [6, 6.07) is 21.8. The lowest BCUT2D eigenvalue weighted by atomic mass is 9.90. The van der Waals surface area contributed by atoms with Crippen LogP contribution in [0.1, 0.15) is 23.1 Å². The third-order valence-electron chi connectivity index (χ3n) is 4.87. The van der Waals surface area contributed by atoms with Crippen molar-refractivity contribution in [2.24, 2.45) is 0 Å². The fourth-order valence-electron chi connectivity index (χ4n) is 3.44. The number of carbonyl (C=O) groups excluding carboxylic acids is 1. The van der Waals surface area contributed by atoms with Gasteiger partial charge in [-0.2, -0.15) is 0 Å². The zero-order valence-corrected chi connectivity index (χ0v) is 14.7. The highest BCUT2D eigenvalue weighted by Gasteiger charge is 2.50. The highest BCUT2D eigenvalue weighted by molar-refractivity contribution is 5.87. The monoisotopic (exact) mass is 348 g/mol. The topological polar surface area (TPSA) is 48.1 Å². The predicted octanol–water partition coefficient (Wildman–Crippen LogP) is 4.25. The van der Waals surface area contributed by atoms with Crippen molar-refractivity contribution >= 4 is 16.7 Å². The van der Waals surface area contributed by atoms with Gasteiger partial charge in [0, 0.05) is 0 Å². The molecule has 3 unspecified atom stereocenters. The van der Waals surface area contributed by atoms with Crippen LogP contribution in [0.3, 0.4) is 0 Å². The van der Waals surface area contributed by atoms with Gasteiger partial charge in [-0.25, -0.2) is 0 Å². The first-order valence-corrected chi connectivity index (χ1v) is 8.57. The molecule has 132 valence electrons. The van der Waals surface area contributed by atoms with E-state index < -0.39 is 5.92 Å². The van der Waals surface area contributed by atoms with Crippen LogP contribution in [-0.4, -0.2) is 26.3 Å². The molecule has 0 amide bonds. The van der Waals surface area contributed by atoms with E-state index in [4.69, 9.17) is 14.2 Å². The summed E-state index contributed by atoms with van der Waals surface area (Å²) in [4.78, 5) is 12.5. The van der Waals surface area contributed by atoms with Gasteiger partial charge in [-0.3, -0.25) is 4.79 Å². The number of rotatable bonds is 5. The molecule has 0 radical (unpaired) electrons. The quantitative estimate of drug-likeness (QED) is 0.511. The molecule has 0 bridgehead atoms. The van der Waals surface area contributed by atoms with Gasteiger partial charge in [-0.1, -0.05) is 54.6 Å². The summed E-state index contributed by atoms with van der Waals surface area (Å²) in [5.74, 6) is 0.0856. The fourth-order valence-corrected chi connectivity index (χ4v) is 3.44. The number of epoxide rings is 1. The second-order valence-electron chi connectivity index (χ2n) is 6.41. The van der Waals surface area contributed by atoms with Gasteiger partial charge in [-0.05, 0) is 34.0 Å². The minimum absolute atomic E-state index is 0.0770. The van der Waals surface area contributed by atoms with Crippen molar-refractivity contribution in [2.45, 2.75) is 18.1 Å². The molecule has 1 saturated heterocycles. The van der Waals surface area contributed by atoms with E-state index in [0.717, 1.165) is 27.6 Å². The van der Waals surface area contributed by atoms with Gasteiger partial charge in [0.25, 0.3) is 0 Å². The van der Waals surface area contributed by atoms with Gasteiger partial charge in [0.05, 0.1) is 14.2 Å². The van der Waals surface area contributed by atoms with Crippen LogP contribution in [0.15, 0.2) is 66.7 Å². The standard InChI is InChI=1S/C22H20O4/c1-24-18-11-10-15-12-17(9-8-16(15)13-18)19(22(23)25-2)21-20(26-21)14-6-4-3-5-7-14/h3-13,19-21H,1-2H3. The molecule has 0 aliphatic carbocycles. The third kappa shape index (κ3) is 3.04. The lowest BCUT2D eigenvalue weighted by molar-refractivity contribution is -0.142. The number of methoxy groups -OCH3 is 2. The Morgan fingerprint density at radius 1 is 0.962 bits per heavy atom. The largest absolute Gasteiger partial charge is 0.497 e. The fraction of sp³-hybridized carbons (Fsp3) is 0.227. The highest BCUT2D eigenvalue weighted by Crippen LogP contribution is 2.47. The molecular formula is C22H20O4. The van der Waals surface area contributed by atoms with Crippen LogP contribution in [0.5, 0.6) is 5.75 Å². The van der Waals surface area contributed by atoms with Crippen molar-refractivity contribution < 1.29 is 19.0 Å². The highest BCUT2D eigenvalue weighted by atomic mass is 16.6. The third-order valence-corrected chi connectivity index (χ3v) is 4.87. The Bertz CT molecular complexity index is 935. The van der Waals surface area contributed by atoms with E-state index in [9.17, 15) is 4.79 Å². The van der Waals surface area contributed by atoms with Gasteiger partial charge in [0.2, 0.25) is 0 Å². The van der Waals surface area contributed by atoms with E-state index in [2.05, 4.69) is 0 Å². The number of ether oxygens (including phenoxy) is 3. The first-order chi connectivity index (χ1) is 12.7. The Balaban J connectivity index is 1.67. The summed E-state index contributed by atoms with van der Waals surface area (Å²) in [5.41, 5.74) is 1.98. The molecule has 4 heteroatoms. The predicted molar refractivity (Wildman–Crippen MR) is 99.3 cm³/mol. The number of carbonyl (C=O) groups is 1. The number of esters is 1. The molecule has 3 aromatic rings. The molecular weight excluding hydrogens is 328 g/mol. The van der Waals surface area contributed by atoms with Crippen LogP contribution in [0.25, 0.3) is 10.8 Å². The van der Waals surface area contributed by atoms with E-state index in [1.165, 1.54) is 7.11 Å². The van der Waals surface area contributed by atoms with Crippen molar-refractivity contribution in [1.29, 1.82) is 0 Å². The molecule has 26 heavy (non-hydrogen) atoms. The minimum atomic E-state index is -0.447. The zero-order valence-electron chi connectivity index (χ0n) is 14.7. The van der Waals surface area contributed by atoms with E-state index in [0.29, 0.717) is 0 Å². The Labute approximate surface area is 152 Å². The maximum atomic E-state index is 12.5. The summed E-state index contributed by atoms with van der Waals surface area (Å²) in [6.45, 7) is 0. The molecule has 1 heterocycles. The second-order valence-corrected chi connectivity index (χ2v) is 6.41.